The summed E-state index contributed by atoms with van der Waals surface area (Å²) in [4.78, 5) is 2.56. The largest absolute Gasteiger partial charge is 0.488 e. The van der Waals surface area contributed by atoms with Gasteiger partial charge >= 0.3 is 0 Å². The third-order valence-corrected chi connectivity index (χ3v) is 4.84. The van der Waals surface area contributed by atoms with Crippen LogP contribution in [0.15, 0.2) is 24.3 Å². The first-order chi connectivity index (χ1) is 9.67. The molecule has 2 heterocycles. The average Bonchev–Trinajstić information content (AvgIpc) is 2.80. The molecule has 0 saturated carbocycles. The van der Waals surface area contributed by atoms with Crippen molar-refractivity contribution in [2.45, 2.75) is 38.8 Å². The lowest BCUT2D eigenvalue weighted by Crippen LogP contribution is -2.53. The van der Waals surface area contributed by atoms with E-state index in [1.807, 2.05) is 0 Å². The number of hydrogen-bond donors (Lipinski definition) is 1. The van der Waals surface area contributed by atoms with Crippen molar-refractivity contribution in [1.82, 2.24) is 4.90 Å². The molecule has 0 bridgehead atoms. The molecule has 0 spiro atoms. The van der Waals surface area contributed by atoms with Gasteiger partial charge in [0.1, 0.15) is 11.9 Å². The number of nitrogens with two attached hydrogens (primary N) is 1. The molecule has 110 valence electrons. The Kier molecular flexibility index (Phi) is 3.99. The third-order valence-electron chi connectivity index (χ3n) is 4.84. The molecule has 1 aromatic rings. The van der Waals surface area contributed by atoms with Gasteiger partial charge in [-0.25, -0.2) is 0 Å². The monoisotopic (exact) mass is 274 g/mol. The highest BCUT2D eigenvalue weighted by Gasteiger charge is 2.34. The molecule has 20 heavy (non-hydrogen) atoms. The van der Waals surface area contributed by atoms with Crippen LogP contribution in [0.3, 0.4) is 0 Å². The predicted molar refractivity (Wildman–Crippen MR) is 81.9 cm³/mol. The van der Waals surface area contributed by atoms with Gasteiger partial charge in [0.2, 0.25) is 0 Å². The van der Waals surface area contributed by atoms with Crippen molar-refractivity contribution in [2.75, 3.05) is 19.6 Å². The van der Waals surface area contributed by atoms with Gasteiger partial charge in [0.15, 0.2) is 0 Å². The van der Waals surface area contributed by atoms with Gasteiger partial charge in [-0.15, -0.1) is 0 Å². The average molecular weight is 274 g/mol. The van der Waals surface area contributed by atoms with E-state index in [9.17, 15) is 0 Å². The number of likely N-dealkylation sites (tertiary alicyclic amines) is 1. The van der Waals surface area contributed by atoms with Crippen LogP contribution in [0.25, 0.3) is 0 Å². The lowest BCUT2D eigenvalue weighted by Gasteiger charge is -2.43. The van der Waals surface area contributed by atoms with Crippen LogP contribution >= 0.6 is 0 Å². The molecule has 1 saturated heterocycles. The SMILES string of the molecule is CC1CC(C)C(CN)N(CC2Cc3ccccc3O2)C1. The van der Waals surface area contributed by atoms with Gasteiger partial charge in [0.25, 0.3) is 0 Å². The Bertz CT molecular complexity index is 437. The molecule has 2 aliphatic heterocycles. The van der Waals surface area contributed by atoms with Crippen molar-refractivity contribution < 1.29 is 4.74 Å². The van der Waals surface area contributed by atoms with E-state index in [1.165, 1.54) is 12.0 Å². The number of nitrogens with zero attached hydrogens (tertiary/aromatic N) is 1. The van der Waals surface area contributed by atoms with Crippen molar-refractivity contribution in [3.63, 3.8) is 0 Å². The van der Waals surface area contributed by atoms with Gasteiger partial charge in [-0.05, 0) is 29.9 Å². The summed E-state index contributed by atoms with van der Waals surface area (Å²) in [6.45, 7) is 7.60. The molecule has 2 aliphatic rings. The van der Waals surface area contributed by atoms with Crippen LogP contribution in [0.4, 0.5) is 0 Å². The number of fused-ring (bicyclic) bond motifs is 1. The number of ether oxygens (including phenoxy) is 1. The van der Waals surface area contributed by atoms with Crippen molar-refractivity contribution in [3.8, 4) is 5.75 Å². The topological polar surface area (TPSA) is 38.5 Å². The molecule has 0 radical (unpaired) electrons. The highest BCUT2D eigenvalue weighted by Crippen LogP contribution is 2.31. The van der Waals surface area contributed by atoms with Crippen LogP contribution in [0.5, 0.6) is 5.75 Å². The minimum absolute atomic E-state index is 0.291. The summed E-state index contributed by atoms with van der Waals surface area (Å²) in [6, 6.07) is 8.92. The Morgan fingerprint density at radius 3 is 2.85 bits per heavy atom. The van der Waals surface area contributed by atoms with Gasteiger partial charge in [-0.2, -0.15) is 0 Å². The number of piperidine rings is 1. The van der Waals surface area contributed by atoms with Crippen molar-refractivity contribution in [3.05, 3.63) is 29.8 Å². The smallest absolute Gasteiger partial charge is 0.123 e. The fourth-order valence-corrected chi connectivity index (χ4v) is 3.97. The van der Waals surface area contributed by atoms with E-state index in [0.717, 1.165) is 37.7 Å². The maximum Gasteiger partial charge on any atom is 0.123 e. The van der Waals surface area contributed by atoms with Crippen LogP contribution in [0.1, 0.15) is 25.8 Å². The molecule has 2 N–H and O–H groups in total. The number of para-hydroxylation sites is 1. The van der Waals surface area contributed by atoms with Gasteiger partial charge < -0.3 is 10.5 Å². The fourth-order valence-electron chi connectivity index (χ4n) is 3.97. The van der Waals surface area contributed by atoms with E-state index in [4.69, 9.17) is 10.5 Å². The zero-order chi connectivity index (χ0) is 14.1. The molecular weight excluding hydrogens is 248 g/mol. The quantitative estimate of drug-likeness (QED) is 0.919. The van der Waals surface area contributed by atoms with E-state index in [0.29, 0.717) is 18.1 Å². The molecule has 4 unspecified atom stereocenters. The van der Waals surface area contributed by atoms with Crippen LogP contribution in [0, 0.1) is 11.8 Å². The van der Waals surface area contributed by atoms with Crippen LogP contribution < -0.4 is 10.5 Å². The Labute approximate surface area is 122 Å². The van der Waals surface area contributed by atoms with Gasteiger partial charge in [-0.3, -0.25) is 4.90 Å². The van der Waals surface area contributed by atoms with Gasteiger partial charge in [-0.1, -0.05) is 32.0 Å². The molecule has 0 aliphatic carbocycles. The summed E-state index contributed by atoms with van der Waals surface area (Å²) in [5.74, 6) is 2.52. The normalized spacial score (nSPS) is 33.8. The summed E-state index contributed by atoms with van der Waals surface area (Å²) >= 11 is 0. The molecule has 3 heteroatoms. The molecule has 4 atom stereocenters. The van der Waals surface area contributed by atoms with E-state index in [2.05, 4.69) is 43.0 Å². The van der Waals surface area contributed by atoms with Crippen molar-refractivity contribution >= 4 is 0 Å². The Morgan fingerprint density at radius 2 is 2.10 bits per heavy atom. The van der Waals surface area contributed by atoms with E-state index >= 15 is 0 Å². The standard InChI is InChI=1S/C17H26N2O/c1-12-7-13(2)16(9-18)19(10-12)11-15-8-14-5-3-4-6-17(14)20-15/h3-6,12-13,15-16H,7-11,18H2,1-2H3. The van der Waals surface area contributed by atoms with Crippen molar-refractivity contribution in [2.24, 2.45) is 17.6 Å². The molecule has 0 amide bonds. The second-order valence-electron chi connectivity index (χ2n) is 6.63. The zero-order valence-corrected chi connectivity index (χ0v) is 12.6. The second kappa shape index (κ2) is 5.74. The third kappa shape index (κ3) is 2.70. The number of rotatable bonds is 3. The minimum Gasteiger partial charge on any atom is -0.488 e. The van der Waals surface area contributed by atoms with Crippen LogP contribution in [-0.2, 0) is 6.42 Å². The molecule has 1 aromatic carbocycles. The second-order valence-corrected chi connectivity index (χ2v) is 6.63. The fraction of sp³-hybridized carbons (Fsp3) is 0.647. The first-order valence-electron chi connectivity index (χ1n) is 7.86. The maximum atomic E-state index is 6.09. The predicted octanol–water partition coefficient (Wildman–Crippen LogP) is 2.30. The summed E-state index contributed by atoms with van der Waals surface area (Å²) < 4.78 is 6.09. The number of hydrogen-bond acceptors (Lipinski definition) is 3. The molecule has 3 nitrogen and oxygen atoms in total. The first kappa shape index (κ1) is 13.9. The minimum atomic E-state index is 0.291. The van der Waals surface area contributed by atoms with E-state index in [-0.39, 0.29) is 0 Å². The highest BCUT2D eigenvalue weighted by atomic mass is 16.5. The lowest BCUT2D eigenvalue weighted by atomic mass is 9.85. The number of benzene rings is 1. The highest BCUT2D eigenvalue weighted by molar-refractivity contribution is 5.37. The van der Waals surface area contributed by atoms with Crippen LogP contribution in [0.2, 0.25) is 0 Å². The molecular formula is C17H26N2O. The summed E-state index contributed by atoms with van der Waals surface area (Å²) in [5.41, 5.74) is 7.35. The first-order valence-corrected chi connectivity index (χ1v) is 7.86. The van der Waals surface area contributed by atoms with E-state index in [1.54, 1.807) is 0 Å². The summed E-state index contributed by atoms with van der Waals surface area (Å²) in [7, 11) is 0. The van der Waals surface area contributed by atoms with Gasteiger partial charge in [0, 0.05) is 32.1 Å². The lowest BCUT2D eigenvalue weighted by molar-refractivity contribution is 0.0416. The zero-order valence-electron chi connectivity index (χ0n) is 12.6. The van der Waals surface area contributed by atoms with Crippen LogP contribution in [-0.4, -0.2) is 36.7 Å². The summed E-state index contributed by atoms with van der Waals surface area (Å²) in [6.07, 6.45) is 2.62. The Hall–Kier alpha value is -1.06. The molecule has 0 aromatic heterocycles. The Morgan fingerprint density at radius 1 is 1.30 bits per heavy atom. The molecule has 3 rings (SSSR count). The Balaban J connectivity index is 1.66. The maximum absolute atomic E-state index is 6.09. The van der Waals surface area contributed by atoms with Crippen molar-refractivity contribution in [1.29, 1.82) is 0 Å². The van der Waals surface area contributed by atoms with Gasteiger partial charge in [0.05, 0.1) is 0 Å². The molecule has 1 fully saturated rings. The summed E-state index contributed by atoms with van der Waals surface area (Å²) in [5, 5.41) is 0. The van der Waals surface area contributed by atoms with E-state index < -0.39 is 0 Å².